The average Bonchev–Trinajstić information content (AvgIpc) is 3.39. The zero-order chi connectivity index (χ0) is 17.5. The Morgan fingerprint density at radius 1 is 1.00 bits per heavy atom. The predicted molar refractivity (Wildman–Crippen MR) is 104 cm³/mol. The first-order chi connectivity index (χ1) is 12.8. The number of benzene rings is 1. The van der Waals surface area contributed by atoms with Crippen molar-refractivity contribution in [2.45, 2.75) is 13.0 Å². The van der Waals surface area contributed by atoms with E-state index in [1.807, 2.05) is 22.9 Å². The van der Waals surface area contributed by atoms with Gasteiger partial charge in [-0.05, 0) is 24.1 Å². The molecule has 0 saturated carbocycles. The SMILES string of the molecule is Cl.Nc1nc2c(cnn2CCc2ccccc2)c2nc(-c3ccco3)nn12. The second-order valence-corrected chi connectivity index (χ2v) is 5.96. The minimum atomic E-state index is 0. The van der Waals surface area contributed by atoms with Gasteiger partial charge in [-0.1, -0.05) is 30.3 Å². The highest BCUT2D eigenvalue weighted by molar-refractivity contribution is 5.90. The number of fused-ring (bicyclic) bond motifs is 3. The number of nitrogen functional groups attached to an aromatic ring is 1. The van der Waals surface area contributed by atoms with Gasteiger partial charge in [0, 0.05) is 6.54 Å². The van der Waals surface area contributed by atoms with Crippen molar-refractivity contribution in [3.05, 3.63) is 60.5 Å². The van der Waals surface area contributed by atoms with Crippen molar-refractivity contribution < 1.29 is 4.42 Å². The molecule has 4 heterocycles. The third-order valence-corrected chi connectivity index (χ3v) is 4.29. The van der Waals surface area contributed by atoms with E-state index in [4.69, 9.17) is 10.2 Å². The third kappa shape index (κ3) is 2.89. The maximum Gasteiger partial charge on any atom is 0.225 e. The lowest BCUT2D eigenvalue weighted by molar-refractivity contribution is 0.577. The molecule has 0 fully saturated rings. The molecule has 0 radical (unpaired) electrons. The Hall–Kier alpha value is -3.39. The molecule has 1 aromatic carbocycles. The van der Waals surface area contributed by atoms with Crippen LogP contribution in [0.1, 0.15) is 5.56 Å². The summed E-state index contributed by atoms with van der Waals surface area (Å²) in [6, 6.07) is 13.9. The first-order valence-electron chi connectivity index (χ1n) is 8.25. The second-order valence-electron chi connectivity index (χ2n) is 5.96. The molecular formula is C18H16ClN7O. The Morgan fingerprint density at radius 3 is 2.63 bits per heavy atom. The van der Waals surface area contributed by atoms with E-state index in [9.17, 15) is 0 Å². The van der Waals surface area contributed by atoms with Crippen molar-refractivity contribution in [3.8, 4) is 11.6 Å². The molecule has 0 aliphatic heterocycles. The molecule has 136 valence electrons. The highest BCUT2D eigenvalue weighted by Gasteiger charge is 2.17. The molecule has 0 atom stereocenters. The molecule has 5 rings (SSSR count). The molecule has 0 unspecified atom stereocenters. The van der Waals surface area contributed by atoms with E-state index in [0.717, 1.165) is 11.8 Å². The molecule has 2 N–H and O–H groups in total. The van der Waals surface area contributed by atoms with Crippen LogP contribution in [0, 0.1) is 0 Å². The Labute approximate surface area is 160 Å². The van der Waals surface area contributed by atoms with E-state index in [1.165, 1.54) is 10.1 Å². The lowest BCUT2D eigenvalue weighted by Crippen LogP contribution is -2.07. The van der Waals surface area contributed by atoms with Gasteiger partial charge in [-0.3, -0.25) is 0 Å². The van der Waals surface area contributed by atoms with Crippen LogP contribution in [0.2, 0.25) is 0 Å². The number of nitrogens with zero attached hydrogens (tertiary/aromatic N) is 6. The van der Waals surface area contributed by atoms with Gasteiger partial charge >= 0.3 is 0 Å². The van der Waals surface area contributed by atoms with Crippen molar-refractivity contribution in [2.75, 3.05) is 5.73 Å². The van der Waals surface area contributed by atoms with Gasteiger partial charge in [0.15, 0.2) is 17.1 Å². The minimum Gasteiger partial charge on any atom is -0.461 e. The number of nitrogens with two attached hydrogens (primary N) is 1. The average molecular weight is 382 g/mol. The molecule has 4 aromatic heterocycles. The number of hydrogen-bond acceptors (Lipinski definition) is 6. The summed E-state index contributed by atoms with van der Waals surface area (Å²) < 4.78 is 8.74. The highest BCUT2D eigenvalue weighted by atomic mass is 35.5. The third-order valence-electron chi connectivity index (χ3n) is 4.29. The van der Waals surface area contributed by atoms with Gasteiger partial charge in [0.25, 0.3) is 0 Å². The molecule has 9 heteroatoms. The van der Waals surface area contributed by atoms with Crippen molar-refractivity contribution >= 4 is 35.0 Å². The van der Waals surface area contributed by atoms with Crippen LogP contribution in [0.4, 0.5) is 5.95 Å². The molecule has 0 aliphatic rings. The van der Waals surface area contributed by atoms with Crippen LogP contribution in [0.5, 0.6) is 0 Å². The summed E-state index contributed by atoms with van der Waals surface area (Å²) in [5, 5.41) is 9.67. The summed E-state index contributed by atoms with van der Waals surface area (Å²) in [7, 11) is 0. The smallest absolute Gasteiger partial charge is 0.225 e. The van der Waals surface area contributed by atoms with Crippen LogP contribution in [-0.4, -0.2) is 29.4 Å². The van der Waals surface area contributed by atoms with E-state index in [-0.39, 0.29) is 18.4 Å². The largest absolute Gasteiger partial charge is 0.461 e. The summed E-state index contributed by atoms with van der Waals surface area (Å²) in [5.41, 5.74) is 8.66. The van der Waals surface area contributed by atoms with Crippen LogP contribution in [-0.2, 0) is 13.0 Å². The lowest BCUT2D eigenvalue weighted by Gasteiger charge is -2.04. The van der Waals surface area contributed by atoms with Gasteiger partial charge in [0.05, 0.1) is 17.8 Å². The van der Waals surface area contributed by atoms with Gasteiger partial charge in [0.2, 0.25) is 11.8 Å². The number of furan rings is 1. The fourth-order valence-electron chi connectivity index (χ4n) is 3.01. The normalized spacial score (nSPS) is 11.1. The summed E-state index contributed by atoms with van der Waals surface area (Å²) in [4.78, 5) is 9.04. The Kier molecular flexibility index (Phi) is 4.25. The van der Waals surface area contributed by atoms with Gasteiger partial charge in [-0.15, -0.1) is 17.5 Å². The van der Waals surface area contributed by atoms with Crippen molar-refractivity contribution in [1.29, 1.82) is 0 Å². The lowest BCUT2D eigenvalue weighted by atomic mass is 10.1. The van der Waals surface area contributed by atoms with Crippen molar-refractivity contribution in [2.24, 2.45) is 0 Å². The summed E-state index contributed by atoms with van der Waals surface area (Å²) in [6.45, 7) is 0.704. The van der Waals surface area contributed by atoms with E-state index in [1.54, 1.807) is 24.6 Å². The molecule has 0 bridgehead atoms. The molecule has 0 saturated heterocycles. The highest BCUT2D eigenvalue weighted by Crippen LogP contribution is 2.23. The van der Waals surface area contributed by atoms with Gasteiger partial charge in [-0.25, -0.2) is 9.67 Å². The number of aromatic nitrogens is 6. The van der Waals surface area contributed by atoms with Gasteiger partial charge < -0.3 is 10.2 Å². The van der Waals surface area contributed by atoms with E-state index in [2.05, 4.69) is 32.3 Å². The fraction of sp³-hybridized carbons (Fsp3) is 0.111. The molecule has 0 amide bonds. The predicted octanol–water partition coefficient (Wildman–Crippen LogP) is 2.98. The second kappa shape index (κ2) is 6.73. The van der Waals surface area contributed by atoms with E-state index >= 15 is 0 Å². The summed E-state index contributed by atoms with van der Waals surface area (Å²) >= 11 is 0. The van der Waals surface area contributed by atoms with E-state index < -0.39 is 0 Å². The van der Waals surface area contributed by atoms with E-state index in [0.29, 0.717) is 29.4 Å². The van der Waals surface area contributed by atoms with Gasteiger partial charge in [-0.2, -0.15) is 14.6 Å². The zero-order valence-corrected chi connectivity index (χ0v) is 15.0. The standard InChI is InChI=1S/C18H15N7O.ClH/c19-18-22-16-13(11-20-24(16)9-8-12-5-2-1-3-6-12)17-21-15(23-25(17)18)14-7-4-10-26-14;/h1-7,10-11H,8-9H2,(H2,19,22);1H. The first-order valence-corrected chi connectivity index (χ1v) is 8.25. The quantitative estimate of drug-likeness (QED) is 0.513. The Morgan fingerprint density at radius 2 is 1.85 bits per heavy atom. The summed E-state index contributed by atoms with van der Waals surface area (Å²) in [5.74, 6) is 1.31. The monoisotopic (exact) mass is 381 g/mol. The molecule has 0 spiro atoms. The maximum absolute atomic E-state index is 6.10. The molecule has 27 heavy (non-hydrogen) atoms. The van der Waals surface area contributed by atoms with Crippen LogP contribution < -0.4 is 5.73 Å². The zero-order valence-electron chi connectivity index (χ0n) is 14.2. The van der Waals surface area contributed by atoms with Crippen LogP contribution in [0.25, 0.3) is 28.3 Å². The molecule has 8 nitrogen and oxygen atoms in total. The number of anilines is 1. The molecular weight excluding hydrogens is 366 g/mol. The topological polar surface area (TPSA) is 100 Å². The fourth-order valence-corrected chi connectivity index (χ4v) is 3.01. The number of aryl methyl sites for hydroxylation is 2. The van der Waals surface area contributed by atoms with Crippen molar-refractivity contribution in [3.63, 3.8) is 0 Å². The van der Waals surface area contributed by atoms with Crippen LogP contribution in [0.3, 0.4) is 0 Å². The van der Waals surface area contributed by atoms with Crippen LogP contribution >= 0.6 is 12.4 Å². The maximum atomic E-state index is 6.10. The van der Waals surface area contributed by atoms with Crippen molar-refractivity contribution in [1.82, 2.24) is 29.4 Å². The molecule has 5 aromatic rings. The number of hydrogen-bond donors (Lipinski definition) is 1. The first kappa shape index (κ1) is 17.0. The van der Waals surface area contributed by atoms with Crippen LogP contribution in [0.15, 0.2) is 59.3 Å². The Balaban J connectivity index is 0.00000180. The molecule has 0 aliphatic carbocycles. The minimum absolute atomic E-state index is 0. The Bertz CT molecular complexity index is 1200. The summed E-state index contributed by atoms with van der Waals surface area (Å²) in [6.07, 6.45) is 4.19. The number of rotatable bonds is 4. The number of halogens is 1. The van der Waals surface area contributed by atoms with Gasteiger partial charge in [0.1, 0.15) is 0 Å².